The number of carboxylic acids is 1. The molecule has 2 rings (SSSR count). The Kier molecular flexibility index (Phi) is 3.07. The number of rotatable bonds is 2. The Bertz CT molecular complexity index is 326. The van der Waals surface area contributed by atoms with Crippen LogP contribution in [-0.4, -0.2) is 24.2 Å². The summed E-state index contributed by atoms with van der Waals surface area (Å²) < 4.78 is 0. The second-order valence-corrected chi connectivity index (χ2v) is 4.92. The summed E-state index contributed by atoms with van der Waals surface area (Å²) >= 11 is 1.56. The van der Waals surface area contributed by atoms with Crippen LogP contribution in [0.1, 0.15) is 24.1 Å². The smallest absolute Gasteiger partial charge is 0.315 e. The molecule has 0 spiro atoms. The molecular formula is C11H15NO2S. The van der Waals surface area contributed by atoms with Crippen LogP contribution in [-0.2, 0) is 10.2 Å². The number of carbonyl (C=O) groups is 1. The number of nitrogens with one attached hydrogen (secondary N) is 1. The first kappa shape index (κ1) is 10.6. The summed E-state index contributed by atoms with van der Waals surface area (Å²) in [5.74, 6) is -0.673. The minimum Gasteiger partial charge on any atom is -0.481 e. The first-order valence-electron chi connectivity index (χ1n) is 5.24. The van der Waals surface area contributed by atoms with Crippen LogP contribution in [0.15, 0.2) is 17.5 Å². The Morgan fingerprint density at radius 1 is 1.47 bits per heavy atom. The molecule has 3 nitrogen and oxygen atoms in total. The van der Waals surface area contributed by atoms with E-state index in [1.807, 2.05) is 17.5 Å². The molecule has 82 valence electrons. The predicted octanol–water partition coefficient (Wildman–Crippen LogP) is 1.84. The van der Waals surface area contributed by atoms with Gasteiger partial charge < -0.3 is 10.4 Å². The average Bonchev–Trinajstić information content (AvgIpc) is 2.63. The summed E-state index contributed by atoms with van der Waals surface area (Å²) in [6.45, 7) is 1.73. The molecule has 0 aliphatic carbocycles. The summed E-state index contributed by atoms with van der Waals surface area (Å²) in [5.41, 5.74) is -0.641. The number of hydrogen-bond donors (Lipinski definition) is 2. The van der Waals surface area contributed by atoms with Crippen molar-refractivity contribution in [2.24, 2.45) is 0 Å². The van der Waals surface area contributed by atoms with Crippen LogP contribution in [0.2, 0.25) is 0 Å². The fourth-order valence-electron chi connectivity index (χ4n) is 2.18. The highest BCUT2D eigenvalue weighted by atomic mass is 32.1. The molecule has 1 aromatic rings. The molecule has 1 aliphatic rings. The van der Waals surface area contributed by atoms with E-state index in [0.29, 0.717) is 6.42 Å². The van der Waals surface area contributed by atoms with Crippen molar-refractivity contribution in [1.82, 2.24) is 5.32 Å². The molecule has 0 radical (unpaired) electrons. The second-order valence-electron chi connectivity index (χ2n) is 3.97. The molecule has 1 unspecified atom stereocenters. The maximum absolute atomic E-state index is 11.5. The third kappa shape index (κ3) is 1.92. The minimum atomic E-state index is -0.673. The zero-order valence-corrected chi connectivity index (χ0v) is 9.35. The second kappa shape index (κ2) is 4.33. The minimum absolute atomic E-state index is 0.641. The fourth-order valence-corrected chi connectivity index (χ4v) is 3.16. The molecule has 2 heterocycles. The van der Waals surface area contributed by atoms with Crippen molar-refractivity contribution >= 4 is 17.3 Å². The third-order valence-corrected chi connectivity index (χ3v) is 4.16. The molecule has 0 aromatic carbocycles. The molecule has 0 saturated carbocycles. The van der Waals surface area contributed by atoms with E-state index in [0.717, 1.165) is 30.8 Å². The van der Waals surface area contributed by atoms with Gasteiger partial charge in [-0.1, -0.05) is 6.07 Å². The zero-order chi connectivity index (χ0) is 10.7. The lowest BCUT2D eigenvalue weighted by Gasteiger charge is -2.26. The number of carboxylic acid groups (broad SMARTS) is 1. The summed E-state index contributed by atoms with van der Waals surface area (Å²) in [6, 6.07) is 3.88. The van der Waals surface area contributed by atoms with E-state index in [2.05, 4.69) is 5.32 Å². The molecule has 15 heavy (non-hydrogen) atoms. The molecule has 1 atom stereocenters. The highest BCUT2D eigenvalue weighted by molar-refractivity contribution is 7.10. The summed E-state index contributed by atoms with van der Waals surface area (Å²) in [7, 11) is 0. The highest BCUT2D eigenvalue weighted by Crippen LogP contribution is 2.37. The average molecular weight is 225 g/mol. The van der Waals surface area contributed by atoms with Gasteiger partial charge in [0.15, 0.2) is 0 Å². The number of thiophene rings is 1. The standard InChI is InChI=1S/C11H15NO2S/c13-10(14)11(9-3-1-8-15-9)4-2-6-12-7-5-11/h1,3,8,12H,2,4-7H2,(H,13,14). The maximum atomic E-state index is 11.5. The van der Waals surface area contributed by atoms with Crippen molar-refractivity contribution < 1.29 is 9.90 Å². The summed E-state index contributed by atoms with van der Waals surface area (Å²) in [4.78, 5) is 12.5. The van der Waals surface area contributed by atoms with Gasteiger partial charge in [-0.15, -0.1) is 11.3 Å². The Hall–Kier alpha value is -0.870. The summed E-state index contributed by atoms with van der Waals surface area (Å²) in [6.07, 6.45) is 2.38. The van der Waals surface area contributed by atoms with Gasteiger partial charge in [0.1, 0.15) is 5.41 Å². The van der Waals surface area contributed by atoms with Crippen molar-refractivity contribution in [2.45, 2.75) is 24.7 Å². The molecular weight excluding hydrogens is 210 g/mol. The number of aliphatic carboxylic acids is 1. The topological polar surface area (TPSA) is 49.3 Å². The lowest BCUT2D eigenvalue weighted by Crippen LogP contribution is -2.35. The summed E-state index contributed by atoms with van der Waals surface area (Å²) in [5, 5.41) is 14.7. The van der Waals surface area contributed by atoms with Gasteiger partial charge in [-0.25, -0.2) is 0 Å². The van der Waals surface area contributed by atoms with Crippen LogP contribution in [0, 0.1) is 0 Å². The van der Waals surface area contributed by atoms with Gasteiger partial charge >= 0.3 is 5.97 Å². The fraction of sp³-hybridized carbons (Fsp3) is 0.545. The van der Waals surface area contributed by atoms with E-state index in [9.17, 15) is 9.90 Å². The van der Waals surface area contributed by atoms with Gasteiger partial charge in [0.2, 0.25) is 0 Å². The van der Waals surface area contributed by atoms with E-state index in [-0.39, 0.29) is 0 Å². The van der Waals surface area contributed by atoms with E-state index in [4.69, 9.17) is 0 Å². The Balaban J connectivity index is 2.34. The van der Waals surface area contributed by atoms with Crippen molar-refractivity contribution in [3.8, 4) is 0 Å². The monoisotopic (exact) mass is 225 g/mol. The van der Waals surface area contributed by atoms with E-state index in [1.165, 1.54) is 0 Å². The van der Waals surface area contributed by atoms with Crippen LogP contribution in [0.25, 0.3) is 0 Å². The highest BCUT2D eigenvalue weighted by Gasteiger charge is 2.41. The van der Waals surface area contributed by atoms with Crippen LogP contribution in [0.4, 0.5) is 0 Å². The van der Waals surface area contributed by atoms with Gasteiger partial charge in [0.05, 0.1) is 0 Å². The maximum Gasteiger partial charge on any atom is 0.315 e. The zero-order valence-electron chi connectivity index (χ0n) is 8.53. The Morgan fingerprint density at radius 2 is 2.33 bits per heavy atom. The van der Waals surface area contributed by atoms with Crippen LogP contribution in [0.5, 0.6) is 0 Å². The Labute approximate surface area is 93.1 Å². The van der Waals surface area contributed by atoms with Crippen molar-refractivity contribution in [3.63, 3.8) is 0 Å². The first-order valence-corrected chi connectivity index (χ1v) is 6.12. The normalized spacial score (nSPS) is 27.2. The van der Waals surface area contributed by atoms with Crippen molar-refractivity contribution in [1.29, 1.82) is 0 Å². The Morgan fingerprint density at radius 3 is 3.00 bits per heavy atom. The first-order chi connectivity index (χ1) is 7.26. The molecule has 4 heteroatoms. The third-order valence-electron chi connectivity index (χ3n) is 3.09. The van der Waals surface area contributed by atoms with E-state index in [1.54, 1.807) is 11.3 Å². The molecule has 0 bridgehead atoms. The SMILES string of the molecule is O=C(O)C1(c2cccs2)CCCNCC1. The lowest BCUT2D eigenvalue weighted by atomic mass is 9.79. The van der Waals surface area contributed by atoms with Crippen molar-refractivity contribution in [3.05, 3.63) is 22.4 Å². The van der Waals surface area contributed by atoms with Crippen LogP contribution >= 0.6 is 11.3 Å². The van der Waals surface area contributed by atoms with E-state index >= 15 is 0 Å². The predicted molar refractivity (Wildman–Crippen MR) is 60.4 cm³/mol. The molecule has 1 fully saturated rings. The molecule has 1 aliphatic heterocycles. The van der Waals surface area contributed by atoms with Gasteiger partial charge in [-0.05, 0) is 43.8 Å². The van der Waals surface area contributed by atoms with Crippen LogP contribution < -0.4 is 5.32 Å². The quantitative estimate of drug-likeness (QED) is 0.807. The van der Waals surface area contributed by atoms with Crippen molar-refractivity contribution in [2.75, 3.05) is 13.1 Å². The van der Waals surface area contributed by atoms with Gasteiger partial charge in [-0.3, -0.25) is 4.79 Å². The molecule has 1 aromatic heterocycles. The lowest BCUT2D eigenvalue weighted by molar-refractivity contribution is -0.144. The largest absolute Gasteiger partial charge is 0.481 e. The van der Waals surface area contributed by atoms with Gasteiger partial charge in [0, 0.05) is 4.88 Å². The van der Waals surface area contributed by atoms with E-state index < -0.39 is 11.4 Å². The van der Waals surface area contributed by atoms with Crippen LogP contribution in [0.3, 0.4) is 0 Å². The van der Waals surface area contributed by atoms with Gasteiger partial charge in [-0.2, -0.15) is 0 Å². The molecule has 1 saturated heterocycles. The molecule has 0 amide bonds. The van der Waals surface area contributed by atoms with Gasteiger partial charge in [0.25, 0.3) is 0 Å². The molecule has 2 N–H and O–H groups in total. The number of hydrogen-bond acceptors (Lipinski definition) is 3.